The molecule has 14 heavy (non-hydrogen) atoms. The van der Waals surface area contributed by atoms with Crippen LogP contribution in [-0.2, 0) is 0 Å². The van der Waals surface area contributed by atoms with E-state index < -0.39 is 0 Å². The van der Waals surface area contributed by atoms with Crippen molar-refractivity contribution >= 4 is 5.69 Å². The molecule has 1 aromatic carbocycles. The van der Waals surface area contributed by atoms with Crippen LogP contribution in [0.4, 0.5) is 5.69 Å². The van der Waals surface area contributed by atoms with E-state index in [-0.39, 0.29) is 0 Å². The van der Waals surface area contributed by atoms with Gasteiger partial charge in [0.1, 0.15) is 11.8 Å². The molecule has 2 N–H and O–H groups in total. The van der Waals surface area contributed by atoms with Crippen LogP contribution in [0.15, 0.2) is 18.2 Å². The van der Waals surface area contributed by atoms with Crippen molar-refractivity contribution in [3.8, 4) is 11.8 Å². The molecule has 0 spiro atoms. The number of nitrogen functional groups attached to an aromatic ring is 1. The first kappa shape index (κ1) is 10.4. The minimum absolute atomic E-state index is 0.436. The molecule has 74 valence electrons. The smallest absolute Gasteiger partial charge is 0.143 e. The number of anilines is 1. The van der Waals surface area contributed by atoms with Crippen molar-refractivity contribution in [2.75, 3.05) is 12.3 Å². The molecule has 0 bridgehead atoms. The van der Waals surface area contributed by atoms with Crippen LogP contribution in [0, 0.1) is 11.3 Å². The number of para-hydroxylation sites is 1. The molecule has 0 radical (unpaired) electrons. The van der Waals surface area contributed by atoms with Crippen LogP contribution in [0.25, 0.3) is 0 Å². The van der Waals surface area contributed by atoms with E-state index >= 15 is 0 Å². The van der Waals surface area contributed by atoms with Crippen molar-refractivity contribution in [2.24, 2.45) is 0 Å². The number of nitrogens with zero attached hydrogens (tertiary/aromatic N) is 1. The number of unbranched alkanes of at least 4 members (excludes halogenated alkanes) is 1. The van der Waals surface area contributed by atoms with E-state index in [1.54, 1.807) is 18.2 Å². The standard InChI is InChI=1S/C11H14N2O/c1-2-3-7-14-10-6-4-5-9(8-12)11(10)13/h4-6H,2-3,7,13H2,1H3. The summed E-state index contributed by atoms with van der Waals surface area (Å²) < 4.78 is 5.44. The van der Waals surface area contributed by atoms with Crippen LogP contribution in [0.3, 0.4) is 0 Å². The summed E-state index contributed by atoms with van der Waals surface area (Å²) in [4.78, 5) is 0. The van der Waals surface area contributed by atoms with Crippen molar-refractivity contribution in [1.82, 2.24) is 0 Å². The minimum atomic E-state index is 0.436. The van der Waals surface area contributed by atoms with Gasteiger partial charge in [-0.2, -0.15) is 5.26 Å². The molecule has 0 amide bonds. The molecule has 0 aromatic heterocycles. The Bertz CT molecular complexity index is 342. The lowest BCUT2D eigenvalue weighted by Crippen LogP contribution is -2.01. The molecule has 1 aromatic rings. The zero-order chi connectivity index (χ0) is 10.4. The summed E-state index contributed by atoms with van der Waals surface area (Å²) in [5.41, 5.74) is 6.64. The summed E-state index contributed by atoms with van der Waals surface area (Å²) in [5, 5.41) is 8.73. The van der Waals surface area contributed by atoms with E-state index in [9.17, 15) is 0 Å². The first-order valence-corrected chi connectivity index (χ1v) is 4.71. The predicted octanol–water partition coefficient (Wildman–Crippen LogP) is 2.32. The largest absolute Gasteiger partial charge is 0.491 e. The molecule has 3 heteroatoms. The quantitative estimate of drug-likeness (QED) is 0.585. The Labute approximate surface area is 84.1 Å². The molecule has 0 aliphatic carbocycles. The van der Waals surface area contributed by atoms with Gasteiger partial charge in [-0.25, -0.2) is 0 Å². The van der Waals surface area contributed by atoms with Gasteiger partial charge in [0.15, 0.2) is 0 Å². The third kappa shape index (κ3) is 2.40. The third-order valence-corrected chi connectivity index (χ3v) is 1.94. The molecular weight excluding hydrogens is 176 g/mol. The molecule has 0 heterocycles. The second-order valence-electron chi connectivity index (χ2n) is 3.03. The van der Waals surface area contributed by atoms with Crippen molar-refractivity contribution in [3.05, 3.63) is 23.8 Å². The van der Waals surface area contributed by atoms with Gasteiger partial charge >= 0.3 is 0 Å². The van der Waals surface area contributed by atoms with E-state index in [2.05, 4.69) is 6.92 Å². The maximum Gasteiger partial charge on any atom is 0.143 e. The number of nitriles is 1. The lowest BCUT2D eigenvalue weighted by molar-refractivity contribution is 0.311. The SMILES string of the molecule is CCCCOc1cccc(C#N)c1N. The zero-order valence-electron chi connectivity index (χ0n) is 8.29. The van der Waals surface area contributed by atoms with E-state index in [1.807, 2.05) is 6.07 Å². The van der Waals surface area contributed by atoms with Crippen LogP contribution in [0.2, 0.25) is 0 Å². The predicted molar refractivity (Wildman–Crippen MR) is 56.0 cm³/mol. The Morgan fingerprint density at radius 3 is 2.93 bits per heavy atom. The van der Waals surface area contributed by atoms with Gasteiger partial charge < -0.3 is 10.5 Å². The summed E-state index contributed by atoms with van der Waals surface area (Å²) in [6, 6.07) is 7.26. The lowest BCUT2D eigenvalue weighted by Gasteiger charge is -2.08. The minimum Gasteiger partial charge on any atom is -0.491 e. The number of rotatable bonds is 4. The number of nitrogens with two attached hydrogens (primary N) is 1. The van der Waals surface area contributed by atoms with Crippen molar-refractivity contribution < 1.29 is 4.74 Å². The van der Waals surface area contributed by atoms with E-state index in [0.717, 1.165) is 12.8 Å². The van der Waals surface area contributed by atoms with Gasteiger partial charge in [-0.1, -0.05) is 19.4 Å². The van der Waals surface area contributed by atoms with Gasteiger partial charge in [0.25, 0.3) is 0 Å². The highest BCUT2D eigenvalue weighted by atomic mass is 16.5. The van der Waals surface area contributed by atoms with Gasteiger partial charge in [-0.3, -0.25) is 0 Å². The van der Waals surface area contributed by atoms with Crippen LogP contribution >= 0.6 is 0 Å². The highest BCUT2D eigenvalue weighted by molar-refractivity contribution is 5.62. The highest BCUT2D eigenvalue weighted by Crippen LogP contribution is 2.24. The molecule has 0 aliphatic heterocycles. The summed E-state index contributed by atoms with van der Waals surface area (Å²) in [5.74, 6) is 0.609. The summed E-state index contributed by atoms with van der Waals surface area (Å²) in [6.45, 7) is 2.74. The monoisotopic (exact) mass is 190 g/mol. The summed E-state index contributed by atoms with van der Waals surface area (Å²) >= 11 is 0. The van der Waals surface area contributed by atoms with Crippen molar-refractivity contribution in [2.45, 2.75) is 19.8 Å². The van der Waals surface area contributed by atoms with Gasteiger partial charge in [-0.05, 0) is 18.6 Å². The number of benzene rings is 1. The van der Waals surface area contributed by atoms with Crippen LogP contribution in [0.5, 0.6) is 5.75 Å². The van der Waals surface area contributed by atoms with Gasteiger partial charge in [0, 0.05) is 0 Å². The third-order valence-electron chi connectivity index (χ3n) is 1.94. The number of ether oxygens (including phenoxy) is 1. The molecule has 0 aliphatic rings. The first-order valence-electron chi connectivity index (χ1n) is 4.71. The zero-order valence-corrected chi connectivity index (χ0v) is 8.29. The average molecular weight is 190 g/mol. The summed E-state index contributed by atoms with van der Waals surface area (Å²) in [6.07, 6.45) is 2.08. The topological polar surface area (TPSA) is 59.0 Å². The second kappa shape index (κ2) is 5.13. The fraction of sp³-hybridized carbons (Fsp3) is 0.364. The molecule has 0 unspecified atom stereocenters. The Morgan fingerprint density at radius 1 is 1.50 bits per heavy atom. The number of hydrogen-bond donors (Lipinski definition) is 1. The molecule has 1 rings (SSSR count). The molecule has 0 atom stereocenters. The summed E-state index contributed by atoms with van der Waals surface area (Å²) in [7, 11) is 0. The fourth-order valence-corrected chi connectivity index (χ4v) is 1.09. The van der Waals surface area contributed by atoms with E-state index in [0.29, 0.717) is 23.6 Å². The molecule has 0 fully saturated rings. The van der Waals surface area contributed by atoms with Crippen LogP contribution in [-0.4, -0.2) is 6.61 Å². The average Bonchev–Trinajstić information content (AvgIpc) is 2.21. The molecule has 0 saturated heterocycles. The maximum absolute atomic E-state index is 8.73. The van der Waals surface area contributed by atoms with Crippen LogP contribution < -0.4 is 10.5 Å². The van der Waals surface area contributed by atoms with Gasteiger partial charge in [0.05, 0.1) is 17.9 Å². The lowest BCUT2D eigenvalue weighted by atomic mass is 10.2. The van der Waals surface area contributed by atoms with Crippen molar-refractivity contribution in [1.29, 1.82) is 5.26 Å². The second-order valence-corrected chi connectivity index (χ2v) is 3.03. The Morgan fingerprint density at radius 2 is 2.29 bits per heavy atom. The normalized spacial score (nSPS) is 9.43. The van der Waals surface area contributed by atoms with E-state index in [4.69, 9.17) is 15.7 Å². The Hall–Kier alpha value is -1.69. The first-order chi connectivity index (χ1) is 6.79. The highest BCUT2D eigenvalue weighted by Gasteiger charge is 2.04. The van der Waals surface area contributed by atoms with Gasteiger partial charge in [-0.15, -0.1) is 0 Å². The van der Waals surface area contributed by atoms with Crippen molar-refractivity contribution in [3.63, 3.8) is 0 Å². The maximum atomic E-state index is 8.73. The molecule has 3 nitrogen and oxygen atoms in total. The fourth-order valence-electron chi connectivity index (χ4n) is 1.09. The number of hydrogen-bond acceptors (Lipinski definition) is 3. The molecular formula is C11H14N2O. The van der Waals surface area contributed by atoms with E-state index in [1.165, 1.54) is 0 Å². The molecule has 0 saturated carbocycles. The Balaban J connectivity index is 2.73. The Kier molecular flexibility index (Phi) is 3.81. The van der Waals surface area contributed by atoms with Gasteiger partial charge in [0.2, 0.25) is 0 Å². The van der Waals surface area contributed by atoms with Crippen LogP contribution in [0.1, 0.15) is 25.3 Å².